The molecule has 1 rings (SSSR count). The quantitative estimate of drug-likeness (QED) is 0.424. The molecule has 1 fully saturated rings. The van der Waals surface area contributed by atoms with Crippen LogP contribution in [0.15, 0.2) is 23.8 Å². The van der Waals surface area contributed by atoms with Crippen LogP contribution in [0.5, 0.6) is 0 Å². The lowest BCUT2D eigenvalue weighted by Gasteiger charge is -2.41. The Balaban J connectivity index is 2.71. The number of hydrogen-bond donors (Lipinski definition) is 0. The summed E-state index contributed by atoms with van der Waals surface area (Å²) in [6, 6.07) is 0. The van der Waals surface area contributed by atoms with Crippen molar-refractivity contribution in [2.24, 2.45) is 17.3 Å². The Kier molecular flexibility index (Phi) is 5.84. The van der Waals surface area contributed by atoms with Gasteiger partial charge in [-0.15, -0.1) is 0 Å². The molecule has 0 saturated heterocycles. The van der Waals surface area contributed by atoms with E-state index in [2.05, 4.69) is 32.9 Å². The van der Waals surface area contributed by atoms with Crippen molar-refractivity contribution in [2.75, 3.05) is 6.61 Å². The molecule has 0 heterocycles. The van der Waals surface area contributed by atoms with Crippen molar-refractivity contribution >= 4 is 5.97 Å². The van der Waals surface area contributed by atoms with E-state index in [0.29, 0.717) is 17.9 Å². The minimum absolute atomic E-state index is 0.249. The average molecular weight is 264 g/mol. The summed E-state index contributed by atoms with van der Waals surface area (Å²) in [6.45, 7) is 11.2. The van der Waals surface area contributed by atoms with Crippen molar-refractivity contribution in [1.29, 1.82) is 0 Å². The number of ether oxygens (including phenoxy) is 1. The molecule has 0 N–H and O–H groups in total. The fourth-order valence-electron chi connectivity index (χ4n) is 3.12. The summed E-state index contributed by atoms with van der Waals surface area (Å²) in [4.78, 5) is 11.4. The van der Waals surface area contributed by atoms with Gasteiger partial charge in [-0.1, -0.05) is 45.8 Å². The van der Waals surface area contributed by atoms with Gasteiger partial charge in [-0.25, -0.2) is 4.79 Å². The van der Waals surface area contributed by atoms with Crippen molar-refractivity contribution in [2.45, 2.75) is 53.9 Å². The normalized spacial score (nSPS) is 27.5. The Morgan fingerprint density at radius 3 is 2.68 bits per heavy atom. The van der Waals surface area contributed by atoms with Crippen LogP contribution in [0.2, 0.25) is 0 Å². The van der Waals surface area contributed by atoms with Crippen molar-refractivity contribution in [3.05, 3.63) is 23.8 Å². The van der Waals surface area contributed by atoms with Crippen LogP contribution in [0.1, 0.15) is 53.9 Å². The van der Waals surface area contributed by atoms with Gasteiger partial charge in [-0.2, -0.15) is 0 Å². The van der Waals surface area contributed by atoms with Gasteiger partial charge in [0.2, 0.25) is 0 Å². The molecule has 1 aliphatic carbocycles. The summed E-state index contributed by atoms with van der Waals surface area (Å²) >= 11 is 0. The van der Waals surface area contributed by atoms with Crippen LogP contribution in [-0.2, 0) is 9.53 Å². The van der Waals surface area contributed by atoms with E-state index in [1.807, 2.05) is 13.8 Å². The lowest BCUT2D eigenvalue weighted by molar-refractivity contribution is -0.137. The van der Waals surface area contributed by atoms with Crippen LogP contribution in [0.4, 0.5) is 0 Å². The lowest BCUT2D eigenvalue weighted by atomic mass is 9.64. The van der Waals surface area contributed by atoms with Gasteiger partial charge in [0.15, 0.2) is 0 Å². The van der Waals surface area contributed by atoms with Gasteiger partial charge in [-0.05, 0) is 43.1 Å². The standard InChI is InChI=1S/C17H28O2/c1-6-19-16(18)12-13(2)9-10-15-14(3)8-7-11-17(15,4)5/h9-10,12,14-15H,6-8,11H2,1-5H3/b10-9+,13-12+. The predicted molar refractivity (Wildman–Crippen MR) is 79.8 cm³/mol. The molecular weight excluding hydrogens is 236 g/mol. The average Bonchev–Trinajstić information content (AvgIpc) is 2.27. The second-order valence-electron chi connectivity index (χ2n) is 6.38. The minimum Gasteiger partial charge on any atom is -0.463 e. The van der Waals surface area contributed by atoms with Crippen LogP contribution in [0, 0.1) is 17.3 Å². The van der Waals surface area contributed by atoms with Crippen LogP contribution >= 0.6 is 0 Å². The molecule has 0 bridgehead atoms. The van der Waals surface area contributed by atoms with Gasteiger partial charge in [-0.3, -0.25) is 0 Å². The SMILES string of the molecule is CCOC(=O)/C=C(C)/C=C/C1C(C)CCCC1(C)C. The molecule has 0 radical (unpaired) electrons. The Hall–Kier alpha value is -1.05. The maximum Gasteiger partial charge on any atom is 0.330 e. The smallest absolute Gasteiger partial charge is 0.330 e. The largest absolute Gasteiger partial charge is 0.463 e. The third kappa shape index (κ3) is 4.85. The van der Waals surface area contributed by atoms with Crippen LogP contribution < -0.4 is 0 Å². The van der Waals surface area contributed by atoms with Gasteiger partial charge in [0.25, 0.3) is 0 Å². The molecule has 2 unspecified atom stereocenters. The number of esters is 1. The fraction of sp³-hybridized carbons (Fsp3) is 0.706. The van der Waals surface area contributed by atoms with Crippen molar-refractivity contribution in [3.8, 4) is 0 Å². The van der Waals surface area contributed by atoms with Gasteiger partial charge in [0.1, 0.15) is 0 Å². The summed E-state index contributed by atoms with van der Waals surface area (Å²) in [6.07, 6.45) is 9.85. The third-order valence-electron chi connectivity index (χ3n) is 4.19. The summed E-state index contributed by atoms with van der Waals surface area (Å²) in [5, 5.41) is 0. The Bertz CT molecular complexity index is 363. The van der Waals surface area contributed by atoms with E-state index >= 15 is 0 Å². The zero-order valence-electron chi connectivity index (χ0n) is 13.0. The summed E-state index contributed by atoms with van der Waals surface area (Å²) in [5.74, 6) is 1.06. The van der Waals surface area contributed by atoms with Gasteiger partial charge in [0, 0.05) is 6.08 Å². The number of hydrogen-bond acceptors (Lipinski definition) is 2. The van der Waals surface area contributed by atoms with Crippen LogP contribution in [0.3, 0.4) is 0 Å². The van der Waals surface area contributed by atoms with Crippen molar-refractivity contribution in [3.63, 3.8) is 0 Å². The van der Waals surface area contributed by atoms with Gasteiger partial charge in [0.05, 0.1) is 6.61 Å². The first-order valence-corrected chi connectivity index (χ1v) is 7.40. The summed E-state index contributed by atoms with van der Waals surface area (Å²) in [7, 11) is 0. The minimum atomic E-state index is -0.249. The highest BCUT2D eigenvalue weighted by Crippen LogP contribution is 2.44. The fourth-order valence-corrected chi connectivity index (χ4v) is 3.12. The lowest BCUT2D eigenvalue weighted by Crippen LogP contribution is -2.32. The number of rotatable bonds is 4. The molecule has 1 aliphatic rings. The maximum absolute atomic E-state index is 11.4. The highest BCUT2D eigenvalue weighted by molar-refractivity contribution is 5.83. The molecule has 0 aliphatic heterocycles. The van der Waals surface area contributed by atoms with E-state index in [9.17, 15) is 4.79 Å². The molecule has 0 aromatic carbocycles. The molecule has 108 valence electrons. The van der Waals surface area contributed by atoms with E-state index in [1.54, 1.807) is 6.08 Å². The molecular formula is C17H28O2. The highest BCUT2D eigenvalue weighted by atomic mass is 16.5. The molecule has 0 aromatic rings. The van der Waals surface area contributed by atoms with Crippen LogP contribution in [0.25, 0.3) is 0 Å². The molecule has 0 spiro atoms. The molecule has 2 atom stereocenters. The second kappa shape index (κ2) is 6.93. The molecule has 2 heteroatoms. The van der Waals surface area contributed by atoms with E-state index in [0.717, 1.165) is 11.5 Å². The van der Waals surface area contributed by atoms with Crippen molar-refractivity contribution < 1.29 is 9.53 Å². The third-order valence-corrected chi connectivity index (χ3v) is 4.19. The summed E-state index contributed by atoms with van der Waals surface area (Å²) < 4.78 is 4.92. The Labute approximate surface area is 117 Å². The van der Waals surface area contributed by atoms with Crippen molar-refractivity contribution in [1.82, 2.24) is 0 Å². The molecule has 2 nitrogen and oxygen atoms in total. The maximum atomic E-state index is 11.4. The number of carbonyl (C=O) groups excluding carboxylic acids is 1. The van der Waals surface area contributed by atoms with Crippen LogP contribution in [-0.4, -0.2) is 12.6 Å². The van der Waals surface area contributed by atoms with E-state index in [-0.39, 0.29) is 5.97 Å². The van der Waals surface area contributed by atoms with E-state index in [4.69, 9.17) is 4.74 Å². The first-order valence-electron chi connectivity index (χ1n) is 7.40. The zero-order chi connectivity index (χ0) is 14.5. The topological polar surface area (TPSA) is 26.3 Å². The first kappa shape index (κ1) is 16.0. The molecule has 0 aromatic heterocycles. The molecule has 19 heavy (non-hydrogen) atoms. The Morgan fingerprint density at radius 1 is 1.42 bits per heavy atom. The predicted octanol–water partition coefficient (Wildman–Crippen LogP) is 4.51. The second-order valence-corrected chi connectivity index (χ2v) is 6.38. The molecule has 1 saturated carbocycles. The summed E-state index contributed by atoms with van der Waals surface area (Å²) in [5.41, 5.74) is 1.32. The van der Waals surface area contributed by atoms with Gasteiger partial charge >= 0.3 is 5.97 Å². The monoisotopic (exact) mass is 264 g/mol. The van der Waals surface area contributed by atoms with E-state index < -0.39 is 0 Å². The molecule has 0 amide bonds. The van der Waals surface area contributed by atoms with E-state index in [1.165, 1.54) is 19.3 Å². The van der Waals surface area contributed by atoms with Gasteiger partial charge < -0.3 is 4.74 Å². The first-order chi connectivity index (χ1) is 8.86. The number of allylic oxidation sites excluding steroid dienone is 3. The Morgan fingerprint density at radius 2 is 2.11 bits per heavy atom. The highest BCUT2D eigenvalue weighted by Gasteiger charge is 2.34. The number of carbonyl (C=O) groups is 1. The zero-order valence-corrected chi connectivity index (χ0v) is 13.0.